The average Bonchev–Trinajstić information content (AvgIpc) is 2.58. The zero-order valence-corrected chi connectivity index (χ0v) is 10.2. The van der Waals surface area contributed by atoms with E-state index in [1.54, 1.807) is 0 Å². The SMILES string of the molecule is Cc1noc(C)c1CNC1CCCSC1. The summed E-state index contributed by atoms with van der Waals surface area (Å²) in [7, 11) is 0. The first kappa shape index (κ1) is 11.0. The Hall–Kier alpha value is -0.480. The van der Waals surface area contributed by atoms with E-state index in [-0.39, 0.29) is 0 Å². The van der Waals surface area contributed by atoms with E-state index in [9.17, 15) is 0 Å². The zero-order chi connectivity index (χ0) is 10.7. The van der Waals surface area contributed by atoms with Crippen molar-refractivity contribution in [2.75, 3.05) is 11.5 Å². The van der Waals surface area contributed by atoms with Gasteiger partial charge in [0.05, 0.1) is 5.69 Å². The number of rotatable bonds is 3. The average molecular weight is 226 g/mol. The number of thioether (sulfide) groups is 1. The predicted molar refractivity (Wildman–Crippen MR) is 63.2 cm³/mol. The zero-order valence-electron chi connectivity index (χ0n) is 9.38. The summed E-state index contributed by atoms with van der Waals surface area (Å²) in [4.78, 5) is 0. The van der Waals surface area contributed by atoms with E-state index in [1.165, 1.54) is 29.9 Å². The predicted octanol–water partition coefficient (Wildman–Crippen LogP) is 2.28. The number of nitrogens with zero attached hydrogens (tertiary/aromatic N) is 1. The van der Waals surface area contributed by atoms with Gasteiger partial charge in [-0.05, 0) is 32.4 Å². The Labute approximate surface area is 95.0 Å². The fraction of sp³-hybridized carbons (Fsp3) is 0.727. The summed E-state index contributed by atoms with van der Waals surface area (Å²) in [6.45, 7) is 4.88. The molecule has 0 saturated carbocycles. The number of hydrogen-bond donors (Lipinski definition) is 1. The van der Waals surface area contributed by atoms with Gasteiger partial charge in [0.25, 0.3) is 0 Å². The van der Waals surface area contributed by atoms with E-state index in [0.717, 1.165) is 18.0 Å². The monoisotopic (exact) mass is 226 g/mol. The highest BCUT2D eigenvalue weighted by molar-refractivity contribution is 7.99. The number of aryl methyl sites for hydroxylation is 2. The highest BCUT2D eigenvalue weighted by Gasteiger charge is 2.15. The molecule has 0 aromatic carbocycles. The molecule has 4 heteroatoms. The Morgan fingerprint density at radius 3 is 3.00 bits per heavy atom. The molecule has 0 spiro atoms. The Balaban J connectivity index is 1.87. The van der Waals surface area contributed by atoms with Crippen LogP contribution in [0.5, 0.6) is 0 Å². The third kappa shape index (κ3) is 2.75. The van der Waals surface area contributed by atoms with E-state index < -0.39 is 0 Å². The first-order valence-corrected chi connectivity index (χ1v) is 6.65. The fourth-order valence-corrected chi connectivity index (χ4v) is 3.01. The second-order valence-corrected chi connectivity index (χ2v) is 5.25. The molecule has 1 fully saturated rings. The summed E-state index contributed by atoms with van der Waals surface area (Å²) in [5.74, 6) is 3.51. The van der Waals surface area contributed by atoms with Crippen LogP contribution in [0, 0.1) is 13.8 Å². The molecule has 1 aliphatic heterocycles. The van der Waals surface area contributed by atoms with Crippen LogP contribution >= 0.6 is 11.8 Å². The third-order valence-corrected chi connectivity index (χ3v) is 4.12. The van der Waals surface area contributed by atoms with Crippen LogP contribution in [0.3, 0.4) is 0 Å². The lowest BCUT2D eigenvalue weighted by Gasteiger charge is -2.22. The highest BCUT2D eigenvalue weighted by atomic mass is 32.2. The van der Waals surface area contributed by atoms with Gasteiger partial charge in [0, 0.05) is 23.9 Å². The summed E-state index contributed by atoms with van der Waals surface area (Å²) < 4.78 is 5.14. The topological polar surface area (TPSA) is 38.1 Å². The van der Waals surface area contributed by atoms with Gasteiger partial charge in [-0.2, -0.15) is 11.8 Å². The van der Waals surface area contributed by atoms with Gasteiger partial charge >= 0.3 is 0 Å². The molecule has 84 valence electrons. The van der Waals surface area contributed by atoms with Gasteiger partial charge in [0.2, 0.25) is 0 Å². The van der Waals surface area contributed by atoms with E-state index in [4.69, 9.17) is 4.52 Å². The minimum atomic E-state index is 0.664. The van der Waals surface area contributed by atoms with Gasteiger partial charge in [-0.15, -0.1) is 0 Å². The summed E-state index contributed by atoms with van der Waals surface area (Å²) in [6, 6.07) is 0.664. The Kier molecular flexibility index (Phi) is 3.70. The fourth-order valence-electron chi connectivity index (χ4n) is 1.90. The molecule has 1 unspecified atom stereocenters. The van der Waals surface area contributed by atoms with Crippen LogP contribution in [0.4, 0.5) is 0 Å². The molecule has 3 nitrogen and oxygen atoms in total. The van der Waals surface area contributed by atoms with Crippen LogP contribution in [0.15, 0.2) is 4.52 Å². The third-order valence-electron chi connectivity index (χ3n) is 2.91. The summed E-state index contributed by atoms with van der Waals surface area (Å²) in [5, 5.41) is 7.54. The molecule has 2 rings (SSSR count). The minimum Gasteiger partial charge on any atom is -0.361 e. The molecule has 0 aliphatic carbocycles. The van der Waals surface area contributed by atoms with E-state index in [1.807, 2.05) is 25.6 Å². The van der Waals surface area contributed by atoms with Gasteiger partial charge in [-0.25, -0.2) is 0 Å². The van der Waals surface area contributed by atoms with Crippen LogP contribution in [0.1, 0.15) is 29.9 Å². The normalized spacial score (nSPS) is 21.9. The minimum absolute atomic E-state index is 0.664. The maximum absolute atomic E-state index is 5.14. The molecule has 0 radical (unpaired) electrons. The van der Waals surface area contributed by atoms with E-state index in [0.29, 0.717) is 6.04 Å². The first-order valence-electron chi connectivity index (χ1n) is 5.50. The molecular formula is C11H18N2OS. The molecule has 1 N–H and O–H groups in total. The molecule has 0 amide bonds. The summed E-state index contributed by atoms with van der Waals surface area (Å²) >= 11 is 2.05. The Morgan fingerprint density at radius 2 is 2.40 bits per heavy atom. The number of nitrogens with one attached hydrogen (secondary N) is 1. The van der Waals surface area contributed by atoms with Crippen molar-refractivity contribution in [2.45, 2.75) is 39.3 Å². The van der Waals surface area contributed by atoms with Crippen molar-refractivity contribution in [1.29, 1.82) is 0 Å². The maximum Gasteiger partial charge on any atom is 0.138 e. The molecule has 1 aromatic rings. The van der Waals surface area contributed by atoms with Gasteiger partial charge < -0.3 is 9.84 Å². The Morgan fingerprint density at radius 1 is 1.53 bits per heavy atom. The largest absolute Gasteiger partial charge is 0.361 e. The second kappa shape index (κ2) is 5.03. The van der Waals surface area contributed by atoms with Crippen molar-refractivity contribution in [1.82, 2.24) is 10.5 Å². The second-order valence-electron chi connectivity index (χ2n) is 4.10. The van der Waals surface area contributed by atoms with E-state index in [2.05, 4.69) is 10.5 Å². The van der Waals surface area contributed by atoms with Crippen molar-refractivity contribution in [3.8, 4) is 0 Å². The molecular weight excluding hydrogens is 208 g/mol. The van der Waals surface area contributed by atoms with Crippen LogP contribution in [0.2, 0.25) is 0 Å². The van der Waals surface area contributed by atoms with Gasteiger partial charge in [-0.1, -0.05) is 5.16 Å². The van der Waals surface area contributed by atoms with Crippen molar-refractivity contribution < 1.29 is 4.52 Å². The van der Waals surface area contributed by atoms with Crippen LogP contribution in [-0.4, -0.2) is 22.7 Å². The molecule has 1 atom stereocenters. The number of aromatic nitrogens is 1. The smallest absolute Gasteiger partial charge is 0.138 e. The van der Waals surface area contributed by atoms with Crippen LogP contribution < -0.4 is 5.32 Å². The van der Waals surface area contributed by atoms with Crippen molar-refractivity contribution >= 4 is 11.8 Å². The number of hydrogen-bond acceptors (Lipinski definition) is 4. The molecule has 1 saturated heterocycles. The summed E-state index contributed by atoms with van der Waals surface area (Å²) in [5.41, 5.74) is 2.24. The molecule has 1 aromatic heterocycles. The van der Waals surface area contributed by atoms with Crippen molar-refractivity contribution in [3.63, 3.8) is 0 Å². The van der Waals surface area contributed by atoms with Crippen molar-refractivity contribution in [2.24, 2.45) is 0 Å². The van der Waals surface area contributed by atoms with Crippen LogP contribution in [-0.2, 0) is 6.54 Å². The van der Waals surface area contributed by atoms with Crippen LogP contribution in [0.25, 0.3) is 0 Å². The lowest BCUT2D eigenvalue weighted by atomic mass is 10.1. The lowest BCUT2D eigenvalue weighted by Crippen LogP contribution is -2.33. The Bertz CT molecular complexity index is 299. The van der Waals surface area contributed by atoms with E-state index >= 15 is 0 Å². The molecule has 2 heterocycles. The standard InChI is InChI=1S/C11H18N2OS/c1-8-11(9(2)14-13-8)6-12-10-4-3-5-15-7-10/h10,12H,3-7H2,1-2H3. The molecule has 0 bridgehead atoms. The van der Waals surface area contributed by atoms with Crippen molar-refractivity contribution in [3.05, 3.63) is 17.0 Å². The van der Waals surface area contributed by atoms with Gasteiger partial charge in [0.1, 0.15) is 5.76 Å². The summed E-state index contributed by atoms with van der Waals surface area (Å²) in [6.07, 6.45) is 2.64. The van der Waals surface area contributed by atoms with Gasteiger partial charge in [0.15, 0.2) is 0 Å². The molecule has 1 aliphatic rings. The first-order chi connectivity index (χ1) is 7.27. The highest BCUT2D eigenvalue weighted by Crippen LogP contribution is 2.18. The lowest BCUT2D eigenvalue weighted by molar-refractivity contribution is 0.391. The maximum atomic E-state index is 5.14. The molecule has 15 heavy (non-hydrogen) atoms. The quantitative estimate of drug-likeness (QED) is 0.858. The van der Waals surface area contributed by atoms with Gasteiger partial charge in [-0.3, -0.25) is 0 Å².